The normalized spacial score (nSPS) is 10.1. The Morgan fingerprint density at radius 1 is 1.40 bits per heavy atom. The summed E-state index contributed by atoms with van der Waals surface area (Å²) in [6, 6.07) is 10.9. The van der Waals surface area contributed by atoms with Gasteiger partial charge in [-0.2, -0.15) is 0 Å². The summed E-state index contributed by atoms with van der Waals surface area (Å²) in [4.78, 5) is 16.8. The summed E-state index contributed by atoms with van der Waals surface area (Å²) < 4.78 is 5.13. The Bertz CT molecular complexity index is 590. The van der Waals surface area contributed by atoms with Gasteiger partial charge in [0.05, 0.1) is 17.9 Å². The molecular formula is C14H13ClN2O2S. The lowest BCUT2D eigenvalue weighted by atomic mass is 10.3. The molecule has 0 atom stereocenters. The molecule has 0 unspecified atom stereocenters. The van der Waals surface area contributed by atoms with Gasteiger partial charge in [0.15, 0.2) is 0 Å². The number of rotatable bonds is 5. The lowest BCUT2D eigenvalue weighted by Gasteiger charge is -2.05. The van der Waals surface area contributed by atoms with Crippen LogP contribution in [0.3, 0.4) is 0 Å². The molecule has 0 aliphatic rings. The van der Waals surface area contributed by atoms with Gasteiger partial charge in [0.25, 0.3) is 0 Å². The first-order valence-corrected chi connectivity index (χ1v) is 7.22. The van der Waals surface area contributed by atoms with Crippen LogP contribution in [0.2, 0.25) is 5.02 Å². The van der Waals surface area contributed by atoms with Crippen LogP contribution in [0.15, 0.2) is 47.5 Å². The lowest BCUT2D eigenvalue weighted by Crippen LogP contribution is -2.14. The van der Waals surface area contributed by atoms with Crippen LogP contribution < -0.4 is 10.1 Å². The third-order valence-corrected chi connectivity index (χ3v) is 3.62. The van der Waals surface area contributed by atoms with E-state index in [4.69, 9.17) is 16.3 Å². The molecule has 104 valence electrons. The van der Waals surface area contributed by atoms with Crippen molar-refractivity contribution in [1.82, 2.24) is 4.98 Å². The first-order chi connectivity index (χ1) is 9.67. The molecule has 2 aromatic rings. The number of ether oxygens (including phenoxy) is 1. The van der Waals surface area contributed by atoms with Crippen LogP contribution in [-0.2, 0) is 4.79 Å². The Balaban J connectivity index is 1.87. The second-order valence-electron chi connectivity index (χ2n) is 3.88. The first kappa shape index (κ1) is 14.7. The number of anilines is 1. The van der Waals surface area contributed by atoms with Gasteiger partial charge in [-0.1, -0.05) is 17.7 Å². The highest BCUT2D eigenvalue weighted by Gasteiger charge is 2.05. The molecule has 20 heavy (non-hydrogen) atoms. The fraction of sp³-hybridized carbons (Fsp3) is 0.143. The number of aromatic nitrogens is 1. The number of thioether (sulfide) groups is 1. The van der Waals surface area contributed by atoms with Gasteiger partial charge in [0.2, 0.25) is 5.91 Å². The summed E-state index contributed by atoms with van der Waals surface area (Å²) in [7, 11) is 1.61. The molecule has 0 aliphatic heterocycles. The van der Waals surface area contributed by atoms with Crippen molar-refractivity contribution in [3.63, 3.8) is 0 Å². The molecule has 2 rings (SSSR count). The Morgan fingerprint density at radius 2 is 2.25 bits per heavy atom. The van der Waals surface area contributed by atoms with Crippen molar-refractivity contribution >= 4 is 35.1 Å². The van der Waals surface area contributed by atoms with Crippen molar-refractivity contribution in [3.8, 4) is 5.75 Å². The monoisotopic (exact) mass is 308 g/mol. The van der Waals surface area contributed by atoms with E-state index in [-0.39, 0.29) is 5.91 Å². The van der Waals surface area contributed by atoms with Crippen molar-refractivity contribution in [2.75, 3.05) is 18.2 Å². The van der Waals surface area contributed by atoms with E-state index in [1.165, 1.54) is 18.0 Å². The number of hydrogen-bond donors (Lipinski definition) is 1. The topological polar surface area (TPSA) is 51.2 Å². The van der Waals surface area contributed by atoms with Gasteiger partial charge in [-0.05, 0) is 30.3 Å². The fourth-order valence-electron chi connectivity index (χ4n) is 1.47. The van der Waals surface area contributed by atoms with Crippen molar-refractivity contribution in [1.29, 1.82) is 0 Å². The molecule has 1 N–H and O–H groups in total. The van der Waals surface area contributed by atoms with Crippen LogP contribution in [0, 0.1) is 0 Å². The standard InChI is InChI=1S/C14H13ClN2O2S/c1-19-11-3-2-4-12(7-11)20-9-14(18)17-13-6-5-10(15)8-16-13/h2-8H,9H2,1H3,(H,16,17,18). The summed E-state index contributed by atoms with van der Waals surface area (Å²) in [6.07, 6.45) is 1.49. The highest BCUT2D eigenvalue weighted by atomic mass is 35.5. The van der Waals surface area contributed by atoms with E-state index >= 15 is 0 Å². The van der Waals surface area contributed by atoms with Gasteiger partial charge in [0.1, 0.15) is 11.6 Å². The number of pyridine rings is 1. The first-order valence-electron chi connectivity index (χ1n) is 5.85. The van der Waals surface area contributed by atoms with Crippen LogP contribution in [-0.4, -0.2) is 23.8 Å². The summed E-state index contributed by atoms with van der Waals surface area (Å²) in [5.74, 6) is 1.45. The van der Waals surface area contributed by atoms with Crippen molar-refractivity contribution in [2.45, 2.75) is 4.90 Å². The van der Waals surface area contributed by atoms with Gasteiger partial charge in [-0.3, -0.25) is 4.79 Å². The van der Waals surface area contributed by atoms with Crippen LogP contribution in [0.1, 0.15) is 0 Å². The lowest BCUT2D eigenvalue weighted by molar-refractivity contribution is -0.113. The van der Waals surface area contributed by atoms with E-state index in [9.17, 15) is 4.79 Å². The van der Waals surface area contributed by atoms with Gasteiger partial charge in [-0.15, -0.1) is 11.8 Å². The SMILES string of the molecule is COc1cccc(SCC(=O)Nc2ccc(Cl)cn2)c1. The van der Waals surface area contributed by atoms with E-state index in [0.29, 0.717) is 16.6 Å². The minimum Gasteiger partial charge on any atom is -0.497 e. The predicted octanol–water partition coefficient (Wildman–Crippen LogP) is 3.47. The largest absolute Gasteiger partial charge is 0.497 e. The van der Waals surface area contributed by atoms with E-state index < -0.39 is 0 Å². The Labute approximate surface area is 126 Å². The molecule has 1 aromatic heterocycles. The smallest absolute Gasteiger partial charge is 0.235 e. The average Bonchev–Trinajstić information content (AvgIpc) is 2.48. The highest BCUT2D eigenvalue weighted by molar-refractivity contribution is 8.00. The van der Waals surface area contributed by atoms with Crippen molar-refractivity contribution in [2.24, 2.45) is 0 Å². The van der Waals surface area contributed by atoms with Crippen molar-refractivity contribution in [3.05, 3.63) is 47.6 Å². The molecule has 4 nitrogen and oxygen atoms in total. The zero-order valence-corrected chi connectivity index (χ0v) is 12.4. The number of carbonyl (C=O) groups is 1. The molecule has 0 saturated heterocycles. The quantitative estimate of drug-likeness (QED) is 0.859. The third kappa shape index (κ3) is 4.43. The summed E-state index contributed by atoms with van der Waals surface area (Å²) in [5.41, 5.74) is 0. The van der Waals surface area contributed by atoms with Crippen LogP contribution >= 0.6 is 23.4 Å². The van der Waals surface area contributed by atoms with Gasteiger partial charge < -0.3 is 10.1 Å². The van der Waals surface area contributed by atoms with Crippen LogP contribution in [0.25, 0.3) is 0 Å². The average molecular weight is 309 g/mol. The number of hydrogen-bond acceptors (Lipinski definition) is 4. The maximum absolute atomic E-state index is 11.8. The molecule has 6 heteroatoms. The summed E-state index contributed by atoms with van der Waals surface area (Å²) >= 11 is 7.16. The predicted molar refractivity (Wildman–Crippen MR) is 81.6 cm³/mol. The molecule has 1 heterocycles. The number of benzene rings is 1. The number of methoxy groups -OCH3 is 1. The zero-order valence-electron chi connectivity index (χ0n) is 10.8. The van der Waals surface area contributed by atoms with Gasteiger partial charge in [0, 0.05) is 11.1 Å². The van der Waals surface area contributed by atoms with Crippen LogP contribution in [0.5, 0.6) is 5.75 Å². The van der Waals surface area contributed by atoms with Gasteiger partial charge >= 0.3 is 0 Å². The molecule has 0 bridgehead atoms. The van der Waals surface area contributed by atoms with E-state index in [1.54, 1.807) is 19.2 Å². The number of amides is 1. The second-order valence-corrected chi connectivity index (χ2v) is 5.36. The summed E-state index contributed by atoms with van der Waals surface area (Å²) in [5, 5.41) is 3.24. The Hall–Kier alpha value is -1.72. The number of nitrogens with zero attached hydrogens (tertiary/aromatic N) is 1. The maximum atomic E-state index is 11.8. The second kappa shape index (κ2) is 7.17. The van der Waals surface area contributed by atoms with E-state index in [2.05, 4.69) is 10.3 Å². The van der Waals surface area contributed by atoms with E-state index in [0.717, 1.165) is 10.6 Å². The molecule has 0 radical (unpaired) electrons. The molecular weight excluding hydrogens is 296 g/mol. The highest BCUT2D eigenvalue weighted by Crippen LogP contribution is 2.22. The Kier molecular flexibility index (Phi) is 5.26. The molecule has 1 aromatic carbocycles. The Morgan fingerprint density at radius 3 is 2.95 bits per heavy atom. The fourth-order valence-corrected chi connectivity index (χ4v) is 2.32. The summed E-state index contributed by atoms with van der Waals surface area (Å²) in [6.45, 7) is 0. The zero-order chi connectivity index (χ0) is 14.4. The maximum Gasteiger partial charge on any atom is 0.235 e. The van der Waals surface area contributed by atoms with Crippen molar-refractivity contribution < 1.29 is 9.53 Å². The molecule has 0 aliphatic carbocycles. The number of carbonyl (C=O) groups excluding carboxylic acids is 1. The molecule has 0 saturated carbocycles. The third-order valence-electron chi connectivity index (χ3n) is 2.41. The minimum atomic E-state index is -0.118. The molecule has 1 amide bonds. The number of nitrogens with one attached hydrogen (secondary N) is 1. The minimum absolute atomic E-state index is 0.118. The number of halogens is 1. The molecule has 0 fully saturated rings. The molecule has 0 spiro atoms. The van der Waals surface area contributed by atoms with Crippen LogP contribution in [0.4, 0.5) is 5.82 Å². The van der Waals surface area contributed by atoms with E-state index in [1.807, 2.05) is 24.3 Å². The van der Waals surface area contributed by atoms with Gasteiger partial charge in [-0.25, -0.2) is 4.98 Å².